The quantitative estimate of drug-likeness (QED) is 0.185. The lowest BCUT2D eigenvalue weighted by molar-refractivity contribution is 0.669. The minimum absolute atomic E-state index is 0.887. The fourth-order valence-electron chi connectivity index (χ4n) is 7.09. The summed E-state index contributed by atoms with van der Waals surface area (Å²) in [6.45, 7) is 0. The van der Waals surface area contributed by atoms with Gasteiger partial charge in [0.15, 0.2) is 0 Å². The summed E-state index contributed by atoms with van der Waals surface area (Å²) in [5.41, 5.74) is 12.1. The molecule has 9 aromatic rings. The van der Waals surface area contributed by atoms with Crippen LogP contribution in [0.2, 0.25) is 0 Å². The van der Waals surface area contributed by atoms with Crippen LogP contribution in [-0.2, 0) is 0 Å². The lowest BCUT2D eigenvalue weighted by Crippen LogP contribution is -2.12. The van der Waals surface area contributed by atoms with Gasteiger partial charge in [-0.15, -0.1) is 0 Å². The first kappa shape index (κ1) is 27.9. The summed E-state index contributed by atoms with van der Waals surface area (Å²) in [5.74, 6) is 0. The first-order valence-electron chi connectivity index (χ1n) is 16.4. The first-order chi connectivity index (χ1) is 23.8. The van der Waals surface area contributed by atoms with E-state index in [4.69, 9.17) is 4.42 Å². The molecule has 0 saturated heterocycles. The molecule has 9 rings (SSSR count). The van der Waals surface area contributed by atoms with Crippen molar-refractivity contribution >= 4 is 49.8 Å². The second-order valence-corrected chi connectivity index (χ2v) is 12.1. The number of hydrogen-bond acceptors (Lipinski definition) is 2. The Morgan fingerprint density at radius 1 is 0.333 bits per heavy atom. The topological polar surface area (TPSA) is 16.4 Å². The van der Waals surface area contributed by atoms with Gasteiger partial charge in [-0.05, 0) is 69.4 Å². The molecule has 226 valence electrons. The summed E-state index contributed by atoms with van der Waals surface area (Å²) in [4.78, 5) is 2.42. The van der Waals surface area contributed by atoms with Gasteiger partial charge in [0.05, 0.1) is 11.4 Å². The molecule has 0 fully saturated rings. The lowest BCUT2D eigenvalue weighted by Gasteiger charge is -2.30. The van der Waals surface area contributed by atoms with Gasteiger partial charge in [0.2, 0.25) is 0 Å². The third-order valence-corrected chi connectivity index (χ3v) is 9.30. The number of furan rings is 1. The summed E-state index contributed by atoms with van der Waals surface area (Å²) in [6, 6.07) is 66.9. The average Bonchev–Trinajstić information content (AvgIpc) is 3.55. The molecule has 0 N–H and O–H groups in total. The van der Waals surface area contributed by atoms with Crippen molar-refractivity contribution < 1.29 is 4.42 Å². The summed E-state index contributed by atoms with van der Waals surface area (Å²) < 4.78 is 6.34. The van der Waals surface area contributed by atoms with Crippen molar-refractivity contribution in [1.82, 2.24) is 0 Å². The maximum absolute atomic E-state index is 6.34. The predicted molar refractivity (Wildman–Crippen MR) is 202 cm³/mol. The zero-order chi connectivity index (χ0) is 31.9. The smallest absolute Gasteiger partial charge is 0.136 e. The monoisotopic (exact) mass is 613 g/mol. The van der Waals surface area contributed by atoms with Crippen LogP contribution >= 0.6 is 0 Å². The van der Waals surface area contributed by atoms with Crippen molar-refractivity contribution in [2.75, 3.05) is 4.90 Å². The predicted octanol–water partition coefficient (Wildman–Crippen LogP) is 13.2. The fraction of sp³-hybridized carbons (Fsp3) is 0. The molecule has 0 unspecified atom stereocenters. The second-order valence-electron chi connectivity index (χ2n) is 12.1. The molecule has 1 aromatic heterocycles. The molecule has 0 radical (unpaired) electrons. The van der Waals surface area contributed by atoms with Gasteiger partial charge in [0.25, 0.3) is 0 Å². The summed E-state index contributed by atoms with van der Waals surface area (Å²) in [5, 5.41) is 4.70. The van der Waals surface area contributed by atoms with E-state index in [1.165, 1.54) is 33.0 Å². The maximum Gasteiger partial charge on any atom is 0.136 e. The molecule has 0 bridgehead atoms. The summed E-state index contributed by atoms with van der Waals surface area (Å²) in [7, 11) is 0. The van der Waals surface area contributed by atoms with Crippen molar-refractivity contribution in [3.63, 3.8) is 0 Å². The van der Waals surface area contributed by atoms with E-state index in [0.29, 0.717) is 0 Å². The SMILES string of the molecule is c1ccc(-c2ccc(N(c3ccccc3-c3cccc4ccccc34)c3ccccc3-c3cccc4oc5ccccc5c34)cc2)cc1. The van der Waals surface area contributed by atoms with Crippen LogP contribution in [0.1, 0.15) is 0 Å². The van der Waals surface area contributed by atoms with Gasteiger partial charge in [-0.2, -0.15) is 0 Å². The molecule has 48 heavy (non-hydrogen) atoms. The lowest BCUT2D eigenvalue weighted by atomic mass is 9.94. The Balaban J connectivity index is 1.31. The first-order valence-corrected chi connectivity index (χ1v) is 16.4. The van der Waals surface area contributed by atoms with Crippen LogP contribution in [0.15, 0.2) is 192 Å². The molecule has 0 amide bonds. The van der Waals surface area contributed by atoms with Gasteiger partial charge in [-0.1, -0.05) is 152 Å². The van der Waals surface area contributed by atoms with E-state index in [9.17, 15) is 0 Å². The molecule has 0 saturated carbocycles. The van der Waals surface area contributed by atoms with Gasteiger partial charge in [-0.25, -0.2) is 0 Å². The standard InChI is InChI=1S/C46H31NO/c1-2-14-32(15-3-1)33-28-30-35(31-29-33)47(42-24-9-6-19-38(42)37-22-12-17-34-16-4-5-18-36(34)37)43-25-10-7-20-39(43)40-23-13-27-45-46(40)41-21-8-11-26-44(41)48-45/h1-31H. The second kappa shape index (κ2) is 11.8. The molecular weight excluding hydrogens is 583 g/mol. The van der Waals surface area contributed by atoms with Crippen LogP contribution in [-0.4, -0.2) is 0 Å². The van der Waals surface area contributed by atoms with Crippen LogP contribution in [0, 0.1) is 0 Å². The van der Waals surface area contributed by atoms with E-state index < -0.39 is 0 Å². The Kier molecular flexibility index (Phi) is 6.84. The Morgan fingerprint density at radius 2 is 0.854 bits per heavy atom. The van der Waals surface area contributed by atoms with Gasteiger partial charge in [-0.3, -0.25) is 0 Å². The number of fused-ring (bicyclic) bond motifs is 4. The van der Waals surface area contributed by atoms with E-state index in [0.717, 1.165) is 50.1 Å². The Hall–Kier alpha value is -6.38. The molecule has 0 aliphatic heterocycles. The largest absolute Gasteiger partial charge is 0.456 e. The molecule has 0 aliphatic carbocycles. The van der Waals surface area contributed by atoms with Crippen LogP contribution < -0.4 is 4.90 Å². The van der Waals surface area contributed by atoms with Crippen LogP contribution in [0.5, 0.6) is 0 Å². The maximum atomic E-state index is 6.34. The Labute approximate surface area is 279 Å². The minimum Gasteiger partial charge on any atom is -0.456 e. The third kappa shape index (κ3) is 4.74. The Morgan fingerprint density at radius 3 is 1.65 bits per heavy atom. The van der Waals surface area contributed by atoms with Crippen molar-refractivity contribution in [3.8, 4) is 33.4 Å². The number of rotatable bonds is 6. The highest BCUT2D eigenvalue weighted by Crippen LogP contribution is 2.47. The van der Waals surface area contributed by atoms with Gasteiger partial charge in [0, 0.05) is 27.6 Å². The van der Waals surface area contributed by atoms with E-state index in [1.807, 2.05) is 12.1 Å². The molecule has 1 heterocycles. The number of anilines is 3. The van der Waals surface area contributed by atoms with E-state index in [1.54, 1.807) is 0 Å². The molecule has 8 aromatic carbocycles. The number of para-hydroxylation sites is 3. The zero-order valence-electron chi connectivity index (χ0n) is 26.3. The molecular formula is C46H31NO. The van der Waals surface area contributed by atoms with Gasteiger partial charge >= 0.3 is 0 Å². The fourth-order valence-corrected chi connectivity index (χ4v) is 7.09. The van der Waals surface area contributed by atoms with Gasteiger partial charge in [0.1, 0.15) is 11.2 Å². The molecule has 2 nitrogen and oxygen atoms in total. The van der Waals surface area contributed by atoms with Crippen LogP contribution in [0.3, 0.4) is 0 Å². The highest BCUT2D eigenvalue weighted by molar-refractivity contribution is 6.14. The molecule has 2 heteroatoms. The number of benzene rings is 8. The van der Waals surface area contributed by atoms with Crippen molar-refractivity contribution in [2.45, 2.75) is 0 Å². The average molecular weight is 614 g/mol. The molecule has 0 atom stereocenters. The zero-order valence-corrected chi connectivity index (χ0v) is 26.3. The normalized spacial score (nSPS) is 11.3. The molecule has 0 aliphatic rings. The highest BCUT2D eigenvalue weighted by Gasteiger charge is 2.22. The highest BCUT2D eigenvalue weighted by atomic mass is 16.3. The van der Waals surface area contributed by atoms with Crippen molar-refractivity contribution in [3.05, 3.63) is 188 Å². The van der Waals surface area contributed by atoms with Crippen LogP contribution in [0.25, 0.3) is 66.1 Å². The van der Waals surface area contributed by atoms with Crippen molar-refractivity contribution in [2.24, 2.45) is 0 Å². The third-order valence-electron chi connectivity index (χ3n) is 9.30. The van der Waals surface area contributed by atoms with E-state index in [-0.39, 0.29) is 0 Å². The minimum atomic E-state index is 0.887. The number of nitrogens with zero attached hydrogens (tertiary/aromatic N) is 1. The summed E-state index contributed by atoms with van der Waals surface area (Å²) >= 11 is 0. The van der Waals surface area contributed by atoms with Crippen LogP contribution in [0.4, 0.5) is 17.1 Å². The van der Waals surface area contributed by atoms with E-state index >= 15 is 0 Å². The molecule has 0 spiro atoms. The van der Waals surface area contributed by atoms with Gasteiger partial charge < -0.3 is 9.32 Å². The Bertz CT molecular complexity index is 2560. The van der Waals surface area contributed by atoms with Crippen molar-refractivity contribution in [1.29, 1.82) is 0 Å². The van der Waals surface area contributed by atoms with E-state index in [2.05, 4.69) is 181 Å². The summed E-state index contributed by atoms with van der Waals surface area (Å²) in [6.07, 6.45) is 0. The number of hydrogen-bond donors (Lipinski definition) is 0.